The highest BCUT2D eigenvalue weighted by Crippen LogP contribution is 2.12. The fraction of sp³-hybridized carbons (Fsp3) is 0.111. The van der Waals surface area contributed by atoms with E-state index >= 15 is 0 Å². The third kappa shape index (κ3) is 3.55. The van der Waals surface area contributed by atoms with Crippen LogP contribution in [0.25, 0.3) is 0 Å². The maximum Gasteiger partial charge on any atom is 0.291 e. The van der Waals surface area contributed by atoms with Gasteiger partial charge in [-0.2, -0.15) is 0 Å². The quantitative estimate of drug-likeness (QED) is 0.758. The molecule has 0 spiro atoms. The lowest BCUT2D eigenvalue weighted by Gasteiger charge is -2.08. The Balaban J connectivity index is 1.56. The summed E-state index contributed by atoms with van der Waals surface area (Å²) in [6, 6.07) is 14.1. The standard InChI is InChI=1S/C18H17N3O3/c1-21-10-2-4-15(21)17(22)19-12-13-6-8-14(9-7-13)20-18(23)16-5-3-11-24-16/h2-11H,12H2,1H3,(H,19,22)(H,20,23). The molecule has 0 unspecified atom stereocenters. The van der Waals surface area contributed by atoms with Crippen LogP contribution < -0.4 is 10.6 Å². The van der Waals surface area contributed by atoms with Gasteiger partial charge in [0.05, 0.1) is 6.26 Å². The van der Waals surface area contributed by atoms with E-state index < -0.39 is 0 Å². The van der Waals surface area contributed by atoms with Gasteiger partial charge in [-0.25, -0.2) is 0 Å². The van der Waals surface area contributed by atoms with Crippen LogP contribution >= 0.6 is 0 Å². The number of amides is 2. The predicted octanol–water partition coefficient (Wildman–Crippen LogP) is 2.80. The minimum absolute atomic E-state index is 0.127. The van der Waals surface area contributed by atoms with Gasteiger partial charge in [0, 0.05) is 25.5 Å². The number of rotatable bonds is 5. The van der Waals surface area contributed by atoms with Crippen molar-refractivity contribution in [3.63, 3.8) is 0 Å². The van der Waals surface area contributed by atoms with Gasteiger partial charge in [-0.3, -0.25) is 9.59 Å². The molecule has 2 N–H and O–H groups in total. The summed E-state index contributed by atoms with van der Waals surface area (Å²) in [4.78, 5) is 23.9. The minimum atomic E-state index is -0.301. The molecule has 2 aromatic heterocycles. The molecule has 1 aromatic carbocycles. The van der Waals surface area contributed by atoms with Crippen molar-refractivity contribution in [2.24, 2.45) is 7.05 Å². The van der Waals surface area contributed by atoms with Gasteiger partial charge in [0.1, 0.15) is 5.69 Å². The highest BCUT2D eigenvalue weighted by molar-refractivity contribution is 6.02. The number of anilines is 1. The Bertz CT molecular complexity index is 833. The molecule has 0 bridgehead atoms. The van der Waals surface area contributed by atoms with E-state index in [1.54, 1.807) is 34.9 Å². The van der Waals surface area contributed by atoms with Crippen LogP contribution in [-0.2, 0) is 13.6 Å². The maximum absolute atomic E-state index is 12.0. The van der Waals surface area contributed by atoms with Gasteiger partial charge in [0.25, 0.3) is 11.8 Å². The smallest absolute Gasteiger partial charge is 0.291 e. The Labute approximate surface area is 139 Å². The van der Waals surface area contributed by atoms with E-state index in [-0.39, 0.29) is 17.6 Å². The summed E-state index contributed by atoms with van der Waals surface area (Å²) in [5, 5.41) is 5.61. The monoisotopic (exact) mass is 323 g/mol. The van der Waals surface area contributed by atoms with Crippen molar-refractivity contribution in [1.82, 2.24) is 9.88 Å². The SMILES string of the molecule is Cn1cccc1C(=O)NCc1ccc(NC(=O)c2ccco2)cc1. The highest BCUT2D eigenvalue weighted by atomic mass is 16.3. The first kappa shape index (κ1) is 15.6. The number of carbonyl (C=O) groups excluding carboxylic acids is 2. The lowest BCUT2D eigenvalue weighted by molar-refractivity contribution is 0.0942. The maximum atomic E-state index is 12.0. The van der Waals surface area contributed by atoms with Gasteiger partial charge in [0.2, 0.25) is 0 Å². The first-order chi connectivity index (χ1) is 11.6. The van der Waals surface area contributed by atoms with Crippen LogP contribution in [0.1, 0.15) is 26.6 Å². The molecule has 3 rings (SSSR count). The lowest BCUT2D eigenvalue weighted by atomic mass is 10.2. The van der Waals surface area contributed by atoms with Crippen molar-refractivity contribution in [3.05, 3.63) is 78.0 Å². The van der Waals surface area contributed by atoms with Crippen LogP contribution in [0.2, 0.25) is 0 Å². The summed E-state index contributed by atoms with van der Waals surface area (Å²) < 4.78 is 6.81. The molecule has 0 saturated heterocycles. The van der Waals surface area contributed by atoms with Gasteiger partial charge >= 0.3 is 0 Å². The van der Waals surface area contributed by atoms with Crippen molar-refractivity contribution in [2.75, 3.05) is 5.32 Å². The number of hydrogen-bond acceptors (Lipinski definition) is 3. The van der Waals surface area contributed by atoms with E-state index in [1.807, 2.05) is 31.4 Å². The normalized spacial score (nSPS) is 10.4. The van der Waals surface area contributed by atoms with E-state index in [4.69, 9.17) is 4.42 Å². The van der Waals surface area contributed by atoms with Crippen molar-refractivity contribution >= 4 is 17.5 Å². The molecule has 6 heteroatoms. The summed E-state index contributed by atoms with van der Waals surface area (Å²) in [5.74, 6) is -0.170. The second kappa shape index (κ2) is 6.87. The van der Waals surface area contributed by atoms with Crippen molar-refractivity contribution in [2.45, 2.75) is 6.54 Å². The molecule has 6 nitrogen and oxygen atoms in total. The molecule has 2 amide bonds. The zero-order valence-electron chi connectivity index (χ0n) is 13.2. The summed E-state index contributed by atoms with van der Waals surface area (Å²) in [6.07, 6.45) is 3.28. The van der Waals surface area contributed by atoms with Crippen LogP contribution in [0, 0.1) is 0 Å². The first-order valence-electron chi connectivity index (χ1n) is 7.47. The largest absolute Gasteiger partial charge is 0.459 e. The second-order valence-electron chi connectivity index (χ2n) is 5.32. The number of benzene rings is 1. The number of aromatic nitrogens is 1. The topological polar surface area (TPSA) is 76.3 Å². The van der Waals surface area contributed by atoms with Crippen molar-refractivity contribution in [1.29, 1.82) is 0 Å². The van der Waals surface area contributed by atoms with Crippen LogP contribution in [-0.4, -0.2) is 16.4 Å². The Morgan fingerprint density at radius 3 is 2.46 bits per heavy atom. The number of furan rings is 1. The van der Waals surface area contributed by atoms with Crippen LogP contribution in [0.3, 0.4) is 0 Å². The minimum Gasteiger partial charge on any atom is -0.459 e. The zero-order valence-corrected chi connectivity index (χ0v) is 13.2. The van der Waals surface area contributed by atoms with Crippen LogP contribution in [0.15, 0.2) is 65.4 Å². The summed E-state index contributed by atoms with van der Waals surface area (Å²) >= 11 is 0. The van der Waals surface area contributed by atoms with E-state index in [2.05, 4.69) is 10.6 Å². The molecule has 0 fully saturated rings. The predicted molar refractivity (Wildman–Crippen MR) is 89.7 cm³/mol. The van der Waals surface area contributed by atoms with Crippen molar-refractivity contribution in [3.8, 4) is 0 Å². The molecule has 0 aliphatic heterocycles. The van der Waals surface area contributed by atoms with Gasteiger partial charge in [-0.15, -0.1) is 0 Å². The Hall–Kier alpha value is -3.28. The van der Waals surface area contributed by atoms with E-state index in [0.717, 1.165) is 5.56 Å². The zero-order chi connectivity index (χ0) is 16.9. The Kier molecular flexibility index (Phi) is 4.47. The number of carbonyl (C=O) groups is 2. The Morgan fingerprint density at radius 1 is 1.04 bits per heavy atom. The third-order valence-corrected chi connectivity index (χ3v) is 3.59. The summed E-state index contributed by atoms with van der Waals surface area (Å²) in [5.41, 5.74) is 2.21. The number of nitrogens with zero attached hydrogens (tertiary/aromatic N) is 1. The second-order valence-corrected chi connectivity index (χ2v) is 5.32. The van der Waals surface area contributed by atoms with Gasteiger partial charge in [0.15, 0.2) is 5.76 Å². The summed E-state index contributed by atoms with van der Waals surface area (Å²) in [7, 11) is 1.82. The molecule has 0 aliphatic carbocycles. The van der Waals surface area contributed by atoms with E-state index in [1.165, 1.54) is 6.26 Å². The van der Waals surface area contributed by atoms with Crippen molar-refractivity contribution < 1.29 is 14.0 Å². The lowest BCUT2D eigenvalue weighted by Crippen LogP contribution is -2.24. The molecular formula is C18H17N3O3. The number of aryl methyl sites for hydroxylation is 1. The van der Waals surface area contributed by atoms with E-state index in [0.29, 0.717) is 17.9 Å². The fourth-order valence-electron chi connectivity index (χ4n) is 2.28. The highest BCUT2D eigenvalue weighted by Gasteiger charge is 2.09. The van der Waals surface area contributed by atoms with E-state index in [9.17, 15) is 9.59 Å². The Morgan fingerprint density at radius 2 is 1.83 bits per heavy atom. The molecule has 0 aliphatic rings. The van der Waals surface area contributed by atoms with Gasteiger partial charge in [-0.05, 0) is 42.0 Å². The average molecular weight is 323 g/mol. The summed E-state index contributed by atoms with van der Waals surface area (Å²) in [6.45, 7) is 0.413. The number of nitrogens with one attached hydrogen (secondary N) is 2. The molecule has 0 saturated carbocycles. The fourth-order valence-corrected chi connectivity index (χ4v) is 2.28. The molecule has 0 radical (unpaired) electrons. The molecule has 0 atom stereocenters. The van der Waals surface area contributed by atoms with Crippen LogP contribution in [0.4, 0.5) is 5.69 Å². The average Bonchev–Trinajstić information content (AvgIpc) is 3.25. The molecule has 122 valence electrons. The molecule has 24 heavy (non-hydrogen) atoms. The van der Waals surface area contributed by atoms with Crippen LogP contribution in [0.5, 0.6) is 0 Å². The molecule has 2 heterocycles. The number of hydrogen-bond donors (Lipinski definition) is 2. The third-order valence-electron chi connectivity index (χ3n) is 3.59. The molecular weight excluding hydrogens is 306 g/mol. The van der Waals surface area contributed by atoms with Gasteiger partial charge in [-0.1, -0.05) is 12.1 Å². The van der Waals surface area contributed by atoms with Gasteiger partial charge < -0.3 is 19.6 Å². The molecule has 3 aromatic rings. The first-order valence-corrected chi connectivity index (χ1v) is 7.47.